The zero-order valence-corrected chi connectivity index (χ0v) is 13.3. The second-order valence-electron chi connectivity index (χ2n) is 4.95. The minimum atomic E-state index is -3.53. The Hall–Kier alpha value is -1.31. The second-order valence-corrected chi connectivity index (χ2v) is 6.79. The first kappa shape index (κ1) is 17.7. The van der Waals surface area contributed by atoms with Crippen LogP contribution in [0.5, 0.6) is 5.75 Å². The molecule has 0 bridgehead atoms. The number of aliphatic hydroxyl groups is 1. The van der Waals surface area contributed by atoms with Gasteiger partial charge in [0.2, 0.25) is 10.0 Å². The Balaban J connectivity index is 2.59. The third-order valence-electron chi connectivity index (χ3n) is 3.56. The van der Waals surface area contributed by atoms with Gasteiger partial charge in [0.25, 0.3) is 0 Å². The molecular weight excluding hydrogens is 292 g/mol. The van der Waals surface area contributed by atoms with Crippen molar-refractivity contribution in [2.24, 2.45) is 0 Å². The number of anilines is 1. The van der Waals surface area contributed by atoms with Crippen LogP contribution in [0, 0.1) is 0 Å². The first-order valence-corrected chi connectivity index (χ1v) is 8.63. The average molecular weight is 316 g/mol. The number of ether oxygens (including phenoxy) is 1. The maximum Gasteiger partial charge on any atom is 0.215 e. The number of hydrogen-bond donors (Lipinski definition) is 3. The van der Waals surface area contributed by atoms with Crippen LogP contribution >= 0.6 is 0 Å². The molecule has 4 N–H and O–H groups in total. The number of benzene rings is 1. The molecule has 0 aliphatic rings. The van der Waals surface area contributed by atoms with Crippen molar-refractivity contribution in [3.8, 4) is 5.75 Å². The van der Waals surface area contributed by atoms with E-state index in [9.17, 15) is 13.5 Å². The summed E-state index contributed by atoms with van der Waals surface area (Å²) in [4.78, 5) is 0. The van der Waals surface area contributed by atoms with Gasteiger partial charge in [-0.05, 0) is 25.0 Å². The van der Waals surface area contributed by atoms with Gasteiger partial charge in [0.05, 0.1) is 23.6 Å². The highest BCUT2D eigenvalue weighted by Gasteiger charge is 2.30. The van der Waals surface area contributed by atoms with Gasteiger partial charge in [0.15, 0.2) is 0 Å². The highest BCUT2D eigenvalue weighted by atomic mass is 32.2. The lowest BCUT2D eigenvalue weighted by Crippen LogP contribution is -2.51. The van der Waals surface area contributed by atoms with Crippen LogP contribution in [0.2, 0.25) is 0 Å². The van der Waals surface area contributed by atoms with E-state index in [2.05, 4.69) is 4.72 Å². The van der Waals surface area contributed by atoms with Gasteiger partial charge in [-0.1, -0.05) is 26.0 Å². The van der Waals surface area contributed by atoms with Crippen molar-refractivity contribution in [1.29, 1.82) is 0 Å². The highest BCUT2D eigenvalue weighted by Crippen LogP contribution is 2.20. The fraction of sp³-hybridized carbons (Fsp3) is 0.571. The number of sulfonamides is 1. The standard InChI is InChI=1S/C14H24N2O4S/c1-3-14(4-2,11-17)16-21(18,19)10-9-20-13-8-6-5-7-12(13)15/h5-8,16-17H,3-4,9-11,15H2,1-2H3. The van der Waals surface area contributed by atoms with E-state index in [-0.39, 0.29) is 19.0 Å². The summed E-state index contributed by atoms with van der Waals surface area (Å²) < 4.78 is 32.1. The SMILES string of the molecule is CCC(CC)(CO)NS(=O)(=O)CCOc1ccccc1N. The Morgan fingerprint density at radius 1 is 1.29 bits per heavy atom. The van der Waals surface area contributed by atoms with Gasteiger partial charge < -0.3 is 15.6 Å². The van der Waals surface area contributed by atoms with Gasteiger partial charge >= 0.3 is 0 Å². The van der Waals surface area contributed by atoms with Gasteiger partial charge in [-0.25, -0.2) is 13.1 Å². The quantitative estimate of drug-likeness (QED) is 0.593. The summed E-state index contributed by atoms with van der Waals surface area (Å²) >= 11 is 0. The van der Waals surface area contributed by atoms with E-state index < -0.39 is 15.6 Å². The Morgan fingerprint density at radius 2 is 1.90 bits per heavy atom. The van der Waals surface area contributed by atoms with Crippen molar-refractivity contribution in [1.82, 2.24) is 4.72 Å². The lowest BCUT2D eigenvalue weighted by Gasteiger charge is -2.30. The van der Waals surface area contributed by atoms with Crippen molar-refractivity contribution in [3.63, 3.8) is 0 Å². The molecule has 0 fully saturated rings. The first-order valence-electron chi connectivity index (χ1n) is 6.98. The average Bonchev–Trinajstić information content (AvgIpc) is 2.47. The molecule has 1 aromatic carbocycles. The van der Waals surface area contributed by atoms with E-state index in [1.807, 2.05) is 13.8 Å². The zero-order valence-electron chi connectivity index (χ0n) is 12.5. The summed E-state index contributed by atoms with van der Waals surface area (Å²) in [5, 5.41) is 9.40. The summed E-state index contributed by atoms with van der Waals surface area (Å²) in [6.45, 7) is 3.44. The van der Waals surface area contributed by atoms with E-state index in [0.717, 1.165) is 0 Å². The molecule has 0 aliphatic heterocycles. The van der Waals surface area contributed by atoms with E-state index in [0.29, 0.717) is 24.3 Å². The third kappa shape index (κ3) is 5.18. The molecule has 1 rings (SSSR count). The molecule has 0 spiro atoms. The molecule has 0 heterocycles. The number of nitrogens with two attached hydrogens (primary N) is 1. The molecule has 1 aromatic rings. The number of rotatable bonds is 9. The van der Waals surface area contributed by atoms with Crippen LogP contribution in [0.15, 0.2) is 24.3 Å². The maximum atomic E-state index is 12.1. The van der Waals surface area contributed by atoms with Crippen LogP contribution in [-0.2, 0) is 10.0 Å². The van der Waals surface area contributed by atoms with Gasteiger partial charge in [-0.3, -0.25) is 0 Å². The Labute approximate surface area is 126 Å². The number of nitrogens with one attached hydrogen (secondary N) is 1. The molecule has 6 nitrogen and oxygen atoms in total. The molecule has 7 heteroatoms. The van der Waals surface area contributed by atoms with Gasteiger partial charge in [-0.15, -0.1) is 0 Å². The summed E-state index contributed by atoms with van der Waals surface area (Å²) in [5.74, 6) is 0.274. The molecule has 0 radical (unpaired) electrons. The second kappa shape index (κ2) is 7.63. The van der Waals surface area contributed by atoms with E-state index in [4.69, 9.17) is 10.5 Å². The molecule has 120 valence electrons. The minimum Gasteiger partial charge on any atom is -0.490 e. The van der Waals surface area contributed by atoms with Crippen molar-refractivity contribution in [3.05, 3.63) is 24.3 Å². The molecule has 0 aliphatic carbocycles. The summed E-state index contributed by atoms with van der Waals surface area (Å²) in [6.07, 6.45) is 1.04. The zero-order chi connectivity index (χ0) is 15.9. The van der Waals surface area contributed by atoms with Crippen LogP contribution in [0.4, 0.5) is 5.69 Å². The van der Waals surface area contributed by atoms with Crippen molar-refractivity contribution in [2.45, 2.75) is 32.2 Å². The Morgan fingerprint density at radius 3 is 2.43 bits per heavy atom. The molecule has 0 saturated carbocycles. The molecule has 0 atom stereocenters. The number of aliphatic hydroxyl groups excluding tert-OH is 1. The predicted molar refractivity (Wildman–Crippen MR) is 83.7 cm³/mol. The van der Waals surface area contributed by atoms with Crippen LogP contribution in [0.1, 0.15) is 26.7 Å². The fourth-order valence-electron chi connectivity index (χ4n) is 1.90. The highest BCUT2D eigenvalue weighted by molar-refractivity contribution is 7.89. The Kier molecular flexibility index (Phi) is 6.44. The third-order valence-corrected chi connectivity index (χ3v) is 5.01. The lowest BCUT2D eigenvalue weighted by atomic mass is 9.96. The smallest absolute Gasteiger partial charge is 0.215 e. The van der Waals surface area contributed by atoms with E-state index in [1.54, 1.807) is 24.3 Å². The largest absolute Gasteiger partial charge is 0.490 e. The van der Waals surface area contributed by atoms with E-state index in [1.165, 1.54) is 0 Å². The monoisotopic (exact) mass is 316 g/mol. The van der Waals surface area contributed by atoms with Crippen molar-refractivity contribution in [2.75, 3.05) is 24.7 Å². The molecule has 0 unspecified atom stereocenters. The van der Waals surface area contributed by atoms with Gasteiger partial charge in [0.1, 0.15) is 12.4 Å². The number of nitrogen functional groups attached to an aromatic ring is 1. The maximum absolute atomic E-state index is 12.1. The summed E-state index contributed by atoms with van der Waals surface area (Å²) in [5.41, 5.74) is 5.38. The van der Waals surface area contributed by atoms with Crippen LogP contribution in [0.3, 0.4) is 0 Å². The van der Waals surface area contributed by atoms with Crippen LogP contribution in [-0.4, -0.2) is 38.0 Å². The lowest BCUT2D eigenvalue weighted by molar-refractivity contribution is 0.172. The van der Waals surface area contributed by atoms with Crippen molar-refractivity contribution < 1.29 is 18.3 Å². The summed E-state index contributed by atoms with van der Waals surface area (Å²) in [6, 6.07) is 6.92. The fourth-order valence-corrected chi connectivity index (χ4v) is 3.32. The van der Waals surface area contributed by atoms with Gasteiger partial charge in [0, 0.05) is 0 Å². The van der Waals surface area contributed by atoms with Crippen LogP contribution in [0.25, 0.3) is 0 Å². The first-order chi connectivity index (χ1) is 9.88. The molecule has 21 heavy (non-hydrogen) atoms. The van der Waals surface area contributed by atoms with Crippen LogP contribution < -0.4 is 15.2 Å². The molecular formula is C14H24N2O4S. The molecule has 0 aromatic heterocycles. The van der Waals surface area contributed by atoms with Crippen molar-refractivity contribution >= 4 is 15.7 Å². The molecule has 0 saturated heterocycles. The van der Waals surface area contributed by atoms with Gasteiger partial charge in [-0.2, -0.15) is 0 Å². The topological polar surface area (TPSA) is 102 Å². The minimum absolute atomic E-state index is 0.00150. The summed E-state index contributed by atoms with van der Waals surface area (Å²) in [7, 11) is -3.53. The molecule has 0 amide bonds. The Bertz CT molecular complexity index is 533. The number of hydrogen-bond acceptors (Lipinski definition) is 5. The predicted octanol–water partition coefficient (Wildman–Crippen LogP) is 1.12. The van der Waals surface area contributed by atoms with E-state index >= 15 is 0 Å². The number of para-hydroxylation sites is 2. The normalized spacial score (nSPS) is 12.3.